The Bertz CT molecular complexity index is 543. The van der Waals surface area contributed by atoms with Crippen molar-refractivity contribution in [1.29, 1.82) is 0 Å². The summed E-state index contributed by atoms with van der Waals surface area (Å²) in [4.78, 5) is 0. The van der Waals surface area contributed by atoms with Crippen LogP contribution in [-0.4, -0.2) is 0 Å². The standard InChI is InChI=1S/C15H14BrF2N/c16-14-7-2-1-5-13(14)10-19-9-11-4-3-6-12(8-11)15(17)18/h1-8,15,19H,9-10H2. The van der Waals surface area contributed by atoms with Gasteiger partial charge in [-0.1, -0.05) is 52.3 Å². The van der Waals surface area contributed by atoms with Gasteiger partial charge in [0, 0.05) is 23.1 Å². The van der Waals surface area contributed by atoms with Gasteiger partial charge in [0.2, 0.25) is 0 Å². The summed E-state index contributed by atoms with van der Waals surface area (Å²) in [6, 6.07) is 14.4. The highest BCUT2D eigenvalue weighted by Gasteiger charge is 2.06. The van der Waals surface area contributed by atoms with Gasteiger partial charge in [-0.15, -0.1) is 0 Å². The van der Waals surface area contributed by atoms with Crippen LogP contribution < -0.4 is 5.32 Å². The molecule has 0 bridgehead atoms. The quantitative estimate of drug-likeness (QED) is 0.841. The van der Waals surface area contributed by atoms with E-state index < -0.39 is 6.43 Å². The fraction of sp³-hybridized carbons (Fsp3) is 0.200. The molecule has 0 amide bonds. The molecule has 0 heterocycles. The van der Waals surface area contributed by atoms with E-state index in [4.69, 9.17) is 0 Å². The summed E-state index contributed by atoms with van der Waals surface area (Å²) in [5.74, 6) is 0. The SMILES string of the molecule is FC(F)c1cccc(CNCc2ccccc2Br)c1. The largest absolute Gasteiger partial charge is 0.309 e. The Morgan fingerprint density at radius 3 is 2.53 bits per heavy atom. The van der Waals surface area contributed by atoms with Crippen LogP contribution in [0.15, 0.2) is 53.0 Å². The van der Waals surface area contributed by atoms with E-state index in [0.29, 0.717) is 13.1 Å². The topological polar surface area (TPSA) is 12.0 Å². The molecule has 2 rings (SSSR count). The molecule has 0 spiro atoms. The first-order valence-electron chi connectivity index (χ1n) is 5.98. The lowest BCUT2D eigenvalue weighted by Crippen LogP contribution is -2.13. The first-order valence-corrected chi connectivity index (χ1v) is 6.77. The molecule has 0 unspecified atom stereocenters. The van der Waals surface area contributed by atoms with Crippen LogP contribution in [0.4, 0.5) is 8.78 Å². The Kier molecular flexibility index (Phi) is 5.05. The van der Waals surface area contributed by atoms with Crippen molar-refractivity contribution in [3.8, 4) is 0 Å². The van der Waals surface area contributed by atoms with Crippen LogP contribution in [-0.2, 0) is 13.1 Å². The van der Waals surface area contributed by atoms with Gasteiger partial charge in [0.05, 0.1) is 0 Å². The Morgan fingerprint density at radius 1 is 1.00 bits per heavy atom. The van der Waals surface area contributed by atoms with Crippen molar-refractivity contribution in [2.24, 2.45) is 0 Å². The summed E-state index contributed by atoms with van der Waals surface area (Å²) in [5, 5.41) is 3.25. The zero-order valence-corrected chi connectivity index (χ0v) is 11.8. The van der Waals surface area contributed by atoms with Crippen molar-refractivity contribution < 1.29 is 8.78 Å². The van der Waals surface area contributed by atoms with Crippen LogP contribution in [0, 0.1) is 0 Å². The zero-order valence-electron chi connectivity index (χ0n) is 10.2. The van der Waals surface area contributed by atoms with Gasteiger partial charge < -0.3 is 5.32 Å². The average Bonchev–Trinajstić information content (AvgIpc) is 2.41. The number of benzene rings is 2. The van der Waals surface area contributed by atoms with E-state index in [-0.39, 0.29) is 5.56 Å². The van der Waals surface area contributed by atoms with Crippen molar-refractivity contribution >= 4 is 15.9 Å². The van der Waals surface area contributed by atoms with Gasteiger partial charge in [-0.25, -0.2) is 8.78 Å². The highest BCUT2D eigenvalue weighted by molar-refractivity contribution is 9.10. The lowest BCUT2D eigenvalue weighted by Gasteiger charge is -2.08. The van der Waals surface area contributed by atoms with Gasteiger partial charge in [0.25, 0.3) is 6.43 Å². The molecule has 0 saturated carbocycles. The maximum Gasteiger partial charge on any atom is 0.263 e. The molecule has 1 N–H and O–H groups in total. The van der Waals surface area contributed by atoms with E-state index >= 15 is 0 Å². The Hall–Kier alpha value is -1.26. The Balaban J connectivity index is 1.93. The van der Waals surface area contributed by atoms with Gasteiger partial charge in [-0.05, 0) is 23.3 Å². The molecule has 2 aromatic rings. The maximum absolute atomic E-state index is 12.6. The molecule has 100 valence electrons. The van der Waals surface area contributed by atoms with Gasteiger partial charge >= 0.3 is 0 Å². The molecule has 2 aromatic carbocycles. The van der Waals surface area contributed by atoms with E-state index in [1.165, 1.54) is 12.1 Å². The fourth-order valence-electron chi connectivity index (χ4n) is 1.82. The third-order valence-electron chi connectivity index (χ3n) is 2.81. The van der Waals surface area contributed by atoms with E-state index in [9.17, 15) is 8.78 Å². The highest BCUT2D eigenvalue weighted by Crippen LogP contribution is 2.19. The molecule has 19 heavy (non-hydrogen) atoms. The minimum Gasteiger partial charge on any atom is -0.309 e. The van der Waals surface area contributed by atoms with Gasteiger partial charge in [0.1, 0.15) is 0 Å². The van der Waals surface area contributed by atoms with Crippen molar-refractivity contribution in [3.63, 3.8) is 0 Å². The van der Waals surface area contributed by atoms with Gasteiger partial charge in [-0.3, -0.25) is 0 Å². The molecule has 0 aromatic heterocycles. The third-order valence-corrected chi connectivity index (χ3v) is 3.58. The molecular formula is C15H14BrF2N. The molecule has 0 aliphatic rings. The third kappa shape index (κ3) is 4.11. The number of halogens is 3. The second kappa shape index (κ2) is 6.78. The van der Waals surface area contributed by atoms with Crippen molar-refractivity contribution in [2.75, 3.05) is 0 Å². The van der Waals surface area contributed by atoms with Crippen molar-refractivity contribution in [2.45, 2.75) is 19.5 Å². The Labute approximate surface area is 119 Å². The normalized spacial score (nSPS) is 10.9. The fourth-order valence-corrected chi connectivity index (χ4v) is 2.25. The Morgan fingerprint density at radius 2 is 1.79 bits per heavy atom. The van der Waals surface area contributed by atoms with Crippen LogP contribution in [0.1, 0.15) is 23.1 Å². The molecule has 0 aliphatic carbocycles. The lowest BCUT2D eigenvalue weighted by molar-refractivity contribution is 0.151. The van der Waals surface area contributed by atoms with E-state index in [2.05, 4.69) is 21.2 Å². The molecule has 0 saturated heterocycles. The second-order valence-electron chi connectivity index (χ2n) is 4.24. The lowest BCUT2D eigenvalue weighted by atomic mass is 10.1. The predicted molar refractivity (Wildman–Crippen MR) is 76.1 cm³/mol. The van der Waals surface area contributed by atoms with E-state index in [1.54, 1.807) is 6.07 Å². The summed E-state index contributed by atoms with van der Waals surface area (Å²) >= 11 is 3.47. The van der Waals surface area contributed by atoms with E-state index in [1.807, 2.05) is 30.3 Å². The summed E-state index contributed by atoms with van der Waals surface area (Å²) in [6.45, 7) is 1.27. The monoisotopic (exact) mass is 325 g/mol. The molecule has 0 fully saturated rings. The molecule has 0 radical (unpaired) electrons. The minimum absolute atomic E-state index is 0.0696. The van der Waals surface area contributed by atoms with Crippen LogP contribution in [0.5, 0.6) is 0 Å². The van der Waals surface area contributed by atoms with Crippen LogP contribution >= 0.6 is 15.9 Å². The highest BCUT2D eigenvalue weighted by atomic mass is 79.9. The molecule has 0 atom stereocenters. The van der Waals surface area contributed by atoms with Crippen LogP contribution in [0.25, 0.3) is 0 Å². The zero-order chi connectivity index (χ0) is 13.7. The number of alkyl halides is 2. The number of nitrogens with one attached hydrogen (secondary N) is 1. The number of hydrogen-bond donors (Lipinski definition) is 1. The first kappa shape index (κ1) is 14.2. The summed E-state index contributed by atoms with van der Waals surface area (Å²) in [6.07, 6.45) is -2.41. The van der Waals surface area contributed by atoms with Gasteiger partial charge in [0.15, 0.2) is 0 Å². The smallest absolute Gasteiger partial charge is 0.263 e. The van der Waals surface area contributed by atoms with Crippen molar-refractivity contribution in [1.82, 2.24) is 5.32 Å². The van der Waals surface area contributed by atoms with E-state index in [0.717, 1.165) is 15.6 Å². The molecule has 0 aliphatic heterocycles. The minimum atomic E-state index is -2.41. The molecule has 1 nitrogen and oxygen atoms in total. The number of hydrogen-bond acceptors (Lipinski definition) is 1. The predicted octanol–water partition coefficient (Wildman–Crippen LogP) is 4.68. The second-order valence-corrected chi connectivity index (χ2v) is 5.10. The first-order chi connectivity index (χ1) is 9.16. The average molecular weight is 326 g/mol. The van der Waals surface area contributed by atoms with Crippen LogP contribution in [0.2, 0.25) is 0 Å². The summed E-state index contributed by atoms with van der Waals surface area (Å²) < 4.78 is 26.2. The molecule has 4 heteroatoms. The number of rotatable bonds is 5. The maximum atomic E-state index is 12.6. The van der Waals surface area contributed by atoms with Crippen LogP contribution in [0.3, 0.4) is 0 Å². The summed E-state index contributed by atoms with van der Waals surface area (Å²) in [5.41, 5.74) is 2.08. The molecular weight excluding hydrogens is 312 g/mol. The van der Waals surface area contributed by atoms with Gasteiger partial charge in [-0.2, -0.15) is 0 Å². The van der Waals surface area contributed by atoms with Crippen molar-refractivity contribution in [3.05, 3.63) is 69.7 Å². The summed E-state index contributed by atoms with van der Waals surface area (Å²) in [7, 11) is 0.